The van der Waals surface area contributed by atoms with Crippen LogP contribution in [0.2, 0.25) is 0 Å². The fourth-order valence-electron chi connectivity index (χ4n) is 12.2. The maximum Gasteiger partial charge on any atom is 0.333 e. The molecule has 8 aromatic carbocycles. The number of thiophene rings is 1. The van der Waals surface area contributed by atoms with Crippen molar-refractivity contribution >= 4 is 104 Å². The monoisotopic (exact) mass is 856 g/mol. The number of nitrogens with zero attached hydrogens (tertiary/aromatic N) is 2. The molecule has 11 aromatic rings. The van der Waals surface area contributed by atoms with Gasteiger partial charge in [-0.15, -0.1) is 11.3 Å². The van der Waals surface area contributed by atoms with E-state index in [1.54, 1.807) is 0 Å². The summed E-state index contributed by atoms with van der Waals surface area (Å²) >= 11 is 1.92. The van der Waals surface area contributed by atoms with Crippen LogP contribution in [0.4, 0.5) is 11.4 Å². The Morgan fingerprint density at radius 2 is 1.29 bits per heavy atom. The summed E-state index contributed by atoms with van der Waals surface area (Å²) < 4.78 is 12.0. The Bertz CT molecular complexity index is 3960. The number of para-hydroxylation sites is 1. The van der Waals surface area contributed by atoms with Crippen LogP contribution in [0, 0.1) is 6.92 Å². The van der Waals surface area contributed by atoms with Crippen molar-refractivity contribution in [2.45, 2.75) is 78.6 Å². The molecule has 0 saturated carbocycles. The van der Waals surface area contributed by atoms with Crippen LogP contribution in [0.1, 0.15) is 83.2 Å². The zero-order chi connectivity index (χ0) is 44.2. The van der Waals surface area contributed by atoms with E-state index >= 15 is 0 Å². The van der Waals surface area contributed by atoms with Gasteiger partial charge >= 0.3 is 6.85 Å². The van der Waals surface area contributed by atoms with Crippen molar-refractivity contribution in [3.05, 3.63) is 161 Å². The molecule has 1 aliphatic carbocycles. The maximum atomic E-state index is 6.68. The molecule has 0 radical (unpaired) electrons. The topological polar surface area (TPSA) is 21.3 Å². The third-order valence-corrected chi connectivity index (χ3v) is 16.7. The average Bonchev–Trinajstić information content (AvgIpc) is 4.00. The lowest BCUT2D eigenvalue weighted by atomic mass is 9.43. The molecule has 0 amide bonds. The number of aryl methyl sites for hydroxylation is 1. The van der Waals surface area contributed by atoms with E-state index in [4.69, 9.17) is 4.42 Å². The summed E-state index contributed by atoms with van der Waals surface area (Å²) in [6, 6.07) is 51.8. The molecule has 0 fully saturated rings. The molecule has 0 spiro atoms. The molecular formula is C60H49BN2OS. The van der Waals surface area contributed by atoms with Gasteiger partial charge < -0.3 is 13.8 Å². The molecule has 314 valence electrons. The highest BCUT2D eigenvalue weighted by atomic mass is 32.1. The fraction of sp³-hybridized carbons (Fsp3) is 0.200. The standard InChI is InChI=1S/C60H49BN2OS/c1-32-24-43-39-29-54-42(41-25-34(59(5,6)7)20-23-53(41)65-54)28-49(39)63(35-21-18-33(19-22-35)58(2,3)4)61-47-27-38-36-14-10-12-16-45(36)60(8,9)46(38)30-50(47)62-48-31-52-40(37-15-11-13-17-51(37)64-52)26-44(48)55(32)57(62)56(43)61/h10-31H,1-9H3. The van der Waals surface area contributed by atoms with Gasteiger partial charge in [0.1, 0.15) is 11.2 Å². The molecule has 0 N–H and O–H groups in total. The molecule has 2 aliphatic heterocycles. The predicted molar refractivity (Wildman–Crippen MR) is 280 cm³/mol. The summed E-state index contributed by atoms with van der Waals surface area (Å²) in [6.07, 6.45) is 0. The van der Waals surface area contributed by atoms with Gasteiger partial charge in [-0.05, 0) is 128 Å². The molecule has 0 unspecified atom stereocenters. The van der Waals surface area contributed by atoms with Crippen molar-refractivity contribution in [3.8, 4) is 27.9 Å². The normalized spacial score (nSPS) is 14.9. The Kier molecular flexibility index (Phi) is 7.10. The number of anilines is 2. The first-order valence-electron chi connectivity index (χ1n) is 23.3. The van der Waals surface area contributed by atoms with E-state index in [1.807, 2.05) is 11.3 Å². The summed E-state index contributed by atoms with van der Waals surface area (Å²) in [5.41, 5.74) is 22.8. The molecule has 14 rings (SSSR count). The van der Waals surface area contributed by atoms with E-state index in [0.29, 0.717) is 0 Å². The molecule has 0 bridgehead atoms. The van der Waals surface area contributed by atoms with Crippen molar-refractivity contribution in [1.29, 1.82) is 0 Å². The molecule has 5 heteroatoms. The van der Waals surface area contributed by atoms with Gasteiger partial charge in [-0.25, -0.2) is 0 Å². The van der Waals surface area contributed by atoms with Gasteiger partial charge in [0.2, 0.25) is 0 Å². The molecule has 0 saturated heterocycles. The van der Waals surface area contributed by atoms with Crippen LogP contribution in [0.15, 0.2) is 138 Å². The molecule has 3 aliphatic rings. The number of benzene rings is 8. The van der Waals surface area contributed by atoms with Crippen molar-refractivity contribution in [2.24, 2.45) is 0 Å². The van der Waals surface area contributed by atoms with Gasteiger partial charge in [-0.2, -0.15) is 0 Å². The number of hydrogen-bond donors (Lipinski definition) is 0. The lowest BCUT2D eigenvalue weighted by Gasteiger charge is -2.42. The number of rotatable bonds is 1. The minimum atomic E-state index is -0.160. The van der Waals surface area contributed by atoms with Gasteiger partial charge in [0.05, 0.1) is 11.0 Å². The zero-order valence-corrected chi connectivity index (χ0v) is 39.3. The molecule has 0 atom stereocenters. The van der Waals surface area contributed by atoms with Gasteiger partial charge in [0.25, 0.3) is 0 Å². The molecule has 65 heavy (non-hydrogen) atoms. The van der Waals surface area contributed by atoms with E-state index < -0.39 is 0 Å². The number of furan rings is 1. The minimum absolute atomic E-state index is 0.0325. The lowest BCUT2D eigenvalue weighted by Crippen LogP contribution is -2.60. The summed E-state index contributed by atoms with van der Waals surface area (Å²) in [6.45, 7) is 21.0. The van der Waals surface area contributed by atoms with Crippen molar-refractivity contribution < 1.29 is 4.42 Å². The van der Waals surface area contributed by atoms with Crippen LogP contribution in [0.3, 0.4) is 0 Å². The fourth-order valence-corrected chi connectivity index (χ4v) is 13.3. The Balaban J connectivity index is 1.16. The van der Waals surface area contributed by atoms with Crippen molar-refractivity contribution in [3.63, 3.8) is 0 Å². The van der Waals surface area contributed by atoms with Gasteiger partial charge in [-0.3, -0.25) is 0 Å². The zero-order valence-electron chi connectivity index (χ0n) is 38.5. The Morgan fingerprint density at radius 1 is 0.554 bits per heavy atom. The van der Waals surface area contributed by atoms with Crippen LogP contribution >= 0.6 is 11.3 Å². The first-order valence-corrected chi connectivity index (χ1v) is 24.1. The third-order valence-electron chi connectivity index (χ3n) is 15.6. The van der Waals surface area contributed by atoms with Gasteiger partial charge in [-0.1, -0.05) is 128 Å². The highest BCUT2D eigenvalue weighted by Gasteiger charge is 2.47. The van der Waals surface area contributed by atoms with Crippen LogP contribution in [0.5, 0.6) is 0 Å². The van der Waals surface area contributed by atoms with Gasteiger partial charge in [0, 0.05) is 75.8 Å². The number of hydrogen-bond acceptors (Lipinski definition) is 3. The summed E-state index contributed by atoms with van der Waals surface area (Å²) in [5, 5.41) is 7.60. The second-order valence-electron chi connectivity index (χ2n) is 21.8. The maximum absolute atomic E-state index is 6.68. The summed E-state index contributed by atoms with van der Waals surface area (Å²) in [4.78, 5) is 2.72. The van der Waals surface area contributed by atoms with E-state index in [2.05, 4.69) is 205 Å². The molecular weight excluding hydrogens is 808 g/mol. The van der Waals surface area contributed by atoms with Crippen molar-refractivity contribution in [1.82, 2.24) is 4.57 Å². The van der Waals surface area contributed by atoms with Crippen molar-refractivity contribution in [2.75, 3.05) is 4.81 Å². The van der Waals surface area contributed by atoms with E-state index in [1.165, 1.54) is 125 Å². The van der Waals surface area contributed by atoms with Crippen LogP contribution < -0.4 is 15.7 Å². The number of aromatic nitrogens is 1. The van der Waals surface area contributed by atoms with Crippen LogP contribution in [0.25, 0.3) is 91.9 Å². The first kappa shape index (κ1) is 37.8. The largest absolute Gasteiger partial charge is 0.456 e. The van der Waals surface area contributed by atoms with E-state index in [9.17, 15) is 0 Å². The smallest absolute Gasteiger partial charge is 0.333 e. The van der Waals surface area contributed by atoms with Crippen LogP contribution in [-0.4, -0.2) is 11.4 Å². The first-order chi connectivity index (χ1) is 31.1. The van der Waals surface area contributed by atoms with E-state index in [-0.39, 0.29) is 23.1 Å². The predicted octanol–water partition coefficient (Wildman–Crippen LogP) is 15.5. The SMILES string of the molecule is Cc1cc2c3c4c1c1cc5c(cc1n4-c1cc4c(cc1B3N(c1ccc(C(C)(C)C)cc1)c1cc3c(cc1-2)sc1ccc(C(C)(C)C)cc13)-c1ccccc1C4(C)C)oc1ccccc15. The Labute approximate surface area is 384 Å². The second-order valence-corrected chi connectivity index (χ2v) is 22.9. The minimum Gasteiger partial charge on any atom is -0.456 e. The highest BCUT2D eigenvalue weighted by molar-refractivity contribution is 7.25. The van der Waals surface area contributed by atoms with E-state index in [0.717, 1.165) is 16.6 Å². The molecule has 3 nitrogen and oxygen atoms in total. The Hall–Kier alpha value is -6.56. The van der Waals surface area contributed by atoms with Crippen LogP contribution in [-0.2, 0) is 16.2 Å². The summed E-state index contributed by atoms with van der Waals surface area (Å²) in [7, 11) is 0. The third kappa shape index (κ3) is 4.87. The lowest BCUT2D eigenvalue weighted by molar-refractivity contribution is 0.590. The quantitative estimate of drug-likeness (QED) is 0.153. The Morgan fingerprint density at radius 3 is 2.09 bits per heavy atom. The average molecular weight is 857 g/mol. The highest BCUT2D eigenvalue weighted by Crippen LogP contribution is 2.53. The molecule has 3 aromatic heterocycles. The summed E-state index contributed by atoms with van der Waals surface area (Å²) in [5.74, 6) is 0. The number of fused-ring (bicyclic) bond motifs is 17. The van der Waals surface area contributed by atoms with Gasteiger partial charge in [0.15, 0.2) is 0 Å². The molecule has 5 heterocycles. The second kappa shape index (κ2) is 12.2.